The number of nitrogens with zero attached hydrogens (tertiary/aromatic N) is 2. The highest BCUT2D eigenvalue weighted by Gasteiger charge is 2.08. The van der Waals surface area contributed by atoms with Crippen molar-refractivity contribution in [2.45, 2.75) is 0 Å². The topological polar surface area (TPSA) is 41.0 Å². The van der Waals surface area contributed by atoms with E-state index in [1.807, 2.05) is 37.0 Å². The zero-order chi connectivity index (χ0) is 17.4. The van der Waals surface area contributed by atoms with E-state index in [0.29, 0.717) is 5.56 Å². The number of benzene rings is 3. The van der Waals surface area contributed by atoms with Crippen molar-refractivity contribution in [1.29, 1.82) is 0 Å². The van der Waals surface area contributed by atoms with Gasteiger partial charge in [-0.1, -0.05) is 24.3 Å². The molecule has 4 aromatic rings. The first-order valence-electron chi connectivity index (χ1n) is 8.19. The molecule has 124 valence electrons. The SMILES string of the molecule is CN(C)c1ccc(-c2ccc(-n3[nH]c4cc(C=O)ccc43)cc2)cc1. The maximum Gasteiger partial charge on any atom is 0.150 e. The second-order valence-electron chi connectivity index (χ2n) is 6.33. The maximum absolute atomic E-state index is 10.8. The molecule has 0 atom stereocenters. The summed E-state index contributed by atoms with van der Waals surface area (Å²) >= 11 is 0. The first-order valence-corrected chi connectivity index (χ1v) is 8.19. The molecule has 0 unspecified atom stereocenters. The summed E-state index contributed by atoms with van der Waals surface area (Å²) in [6, 6.07) is 22.6. The molecule has 3 aromatic carbocycles. The lowest BCUT2D eigenvalue weighted by Crippen LogP contribution is -2.08. The van der Waals surface area contributed by atoms with Gasteiger partial charge in [0.05, 0.1) is 16.7 Å². The summed E-state index contributed by atoms with van der Waals surface area (Å²) in [6.07, 6.45) is 0.862. The lowest BCUT2D eigenvalue weighted by molar-refractivity contribution is 0.112. The summed E-state index contributed by atoms with van der Waals surface area (Å²) in [7, 11) is 4.08. The molecule has 0 fully saturated rings. The first-order chi connectivity index (χ1) is 12.2. The third kappa shape index (κ3) is 2.72. The number of hydrogen-bond donors (Lipinski definition) is 1. The molecular weight excluding hydrogens is 310 g/mol. The highest BCUT2D eigenvalue weighted by atomic mass is 16.1. The van der Waals surface area contributed by atoms with Gasteiger partial charge >= 0.3 is 0 Å². The molecule has 0 radical (unpaired) electrons. The van der Waals surface area contributed by atoms with Crippen molar-refractivity contribution < 1.29 is 4.79 Å². The summed E-state index contributed by atoms with van der Waals surface area (Å²) in [5.74, 6) is 0. The van der Waals surface area contributed by atoms with Crippen LogP contribution in [-0.4, -0.2) is 30.2 Å². The van der Waals surface area contributed by atoms with Crippen LogP contribution < -0.4 is 4.90 Å². The summed E-state index contributed by atoms with van der Waals surface area (Å²) < 4.78 is 2.02. The molecule has 0 aliphatic rings. The zero-order valence-corrected chi connectivity index (χ0v) is 14.2. The molecule has 1 aromatic heterocycles. The molecule has 25 heavy (non-hydrogen) atoms. The number of carbonyl (C=O) groups is 1. The van der Waals surface area contributed by atoms with Crippen LogP contribution in [-0.2, 0) is 0 Å². The normalized spacial score (nSPS) is 11.0. The zero-order valence-electron chi connectivity index (χ0n) is 14.2. The van der Waals surface area contributed by atoms with Crippen LogP contribution in [0.3, 0.4) is 0 Å². The fraction of sp³-hybridized carbons (Fsp3) is 0.0952. The van der Waals surface area contributed by atoms with Crippen LogP contribution in [0, 0.1) is 0 Å². The van der Waals surface area contributed by atoms with E-state index in [0.717, 1.165) is 23.0 Å². The molecule has 0 bridgehead atoms. The van der Waals surface area contributed by atoms with Gasteiger partial charge in [-0.15, -0.1) is 0 Å². The highest BCUT2D eigenvalue weighted by Crippen LogP contribution is 2.26. The van der Waals surface area contributed by atoms with Crippen molar-refractivity contribution in [2.75, 3.05) is 19.0 Å². The number of aromatic amines is 1. The Kier molecular flexibility index (Phi) is 3.65. The fourth-order valence-electron chi connectivity index (χ4n) is 3.00. The van der Waals surface area contributed by atoms with Crippen molar-refractivity contribution >= 4 is 23.0 Å². The van der Waals surface area contributed by atoms with Crippen molar-refractivity contribution in [3.05, 3.63) is 72.3 Å². The minimum absolute atomic E-state index is 0.683. The summed E-state index contributed by atoms with van der Waals surface area (Å²) in [4.78, 5) is 12.9. The average Bonchev–Trinajstić information content (AvgIpc) is 2.63. The third-order valence-electron chi connectivity index (χ3n) is 4.47. The standard InChI is InChI=1S/C21H19N3O/c1-23(2)18-8-4-16(5-9-18)17-6-10-19(11-7-17)24-21-12-3-15(14-25)13-20(21)22-24/h3-14,22H,1-2H3. The first kappa shape index (κ1) is 15.3. The number of rotatable bonds is 4. The van der Waals surface area contributed by atoms with Gasteiger partial charge in [-0.05, 0) is 53.6 Å². The summed E-state index contributed by atoms with van der Waals surface area (Å²) in [5.41, 5.74) is 7.39. The van der Waals surface area contributed by atoms with Gasteiger partial charge in [-0.25, -0.2) is 0 Å². The van der Waals surface area contributed by atoms with Crippen LogP contribution in [0.5, 0.6) is 0 Å². The monoisotopic (exact) mass is 329 g/mol. The Labute approximate surface area is 146 Å². The van der Waals surface area contributed by atoms with E-state index >= 15 is 0 Å². The van der Waals surface area contributed by atoms with E-state index in [1.165, 1.54) is 16.8 Å². The van der Waals surface area contributed by atoms with Crippen LogP contribution in [0.15, 0.2) is 66.7 Å². The number of anilines is 1. The molecule has 1 heterocycles. The maximum atomic E-state index is 10.8. The number of aldehydes is 1. The van der Waals surface area contributed by atoms with Crippen LogP contribution in [0.4, 0.5) is 5.69 Å². The van der Waals surface area contributed by atoms with Crippen molar-refractivity contribution in [3.8, 4) is 16.8 Å². The summed E-state index contributed by atoms with van der Waals surface area (Å²) in [6.45, 7) is 0. The van der Waals surface area contributed by atoms with Gasteiger partial charge in [0.25, 0.3) is 0 Å². The van der Waals surface area contributed by atoms with Crippen LogP contribution >= 0.6 is 0 Å². The number of carbonyl (C=O) groups excluding carboxylic acids is 1. The van der Waals surface area contributed by atoms with Crippen LogP contribution in [0.1, 0.15) is 10.4 Å². The highest BCUT2D eigenvalue weighted by molar-refractivity contribution is 5.87. The Balaban J connectivity index is 1.61. The predicted molar refractivity (Wildman–Crippen MR) is 103 cm³/mol. The van der Waals surface area contributed by atoms with Gasteiger partial charge in [-0.2, -0.15) is 0 Å². The number of nitrogens with one attached hydrogen (secondary N) is 1. The van der Waals surface area contributed by atoms with E-state index in [9.17, 15) is 4.79 Å². The van der Waals surface area contributed by atoms with E-state index in [-0.39, 0.29) is 0 Å². The molecule has 1 N–H and O–H groups in total. The molecule has 0 aliphatic carbocycles. The molecule has 4 rings (SSSR count). The van der Waals surface area contributed by atoms with Crippen molar-refractivity contribution in [2.24, 2.45) is 0 Å². The molecule has 0 aliphatic heterocycles. The third-order valence-corrected chi connectivity index (χ3v) is 4.47. The Morgan fingerprint density at radius 2 is 1.52 bits per heavy atom. The lowest BCUT2D eigenvalue weighted by atomic mass is 10.0. The minimum Gasteiger partial charge on any atom is -0.378 e. The van der Waals surface area contributed by atoms with Crippen molar-refractivity contribution in [3.63, 3.8) is 0 Å². The molecule has 4 heteroatoms. The Morgan fingerprint density at radius 1 is 0.880 bits per heavy atom. The number of hydrogen-bond acceptors (Lipinski definition) is 2. The largest absolute Gasteiger partial charge is 0.378 e. The number of aromatic nitrogens is 2. The smallest absolute Gasteiger partial charge is 0.150 e. The fourth-order valence-corrected chi connectivity index (χ4v) is 3.00. The van der Waals surface area contributed by atoms with Gasteiger partial charge < -0.3 is 4.90 Å². The van der Waals surface area contributed by atoms with Crippen LogP contribution in [0.2, 0.25) is 0 Å². The van der Waals surface area contributed by atoms with E-state index in [4.69, 9.17) is 0 Å². The Hall–Kier alpha value is -3.27. The number of fused-ring (bicyclic) bond motifs is 1. The second kappa shape index (κ2) is 5.98. The molecule has 4 nitrogen and oxygen atoms in total. The Morgan fingerprint density at radius 3 is 2.08 bits per heavy atom. The van der Waals surface area contributed by atoms with Gasteiger partial charge in [0, 0.05) is 25.3 Å². The molecule has 0 amide bonds. The van der Waals surface area contributed by atoms with E-state index in [1.54, 1.807) is 0 Å². The second-order valence-corrected chi connectivity index (χ2v) is 6.33. The van der Waals surface area contributed by atoms with Gasteiger partial charge in [-0.3, -0.25) is 14.6 Å². The minimum atomic E-state index is 0.683. The average molecular weight is 329 g/mol. The van der Waals surface area contributed by atoms with E-state index < -0.39 is 0 Å². The van der Waals surface area contributed by atoms with E-state index in [2.05, 4.69) is 58.5 Å². The Bertz CT molecular complexity index is 1020. The molecule has 0 saturated heterocycles. The van der Waals surface area contributed by atoms with Gasteiger partial charge in [0.15, 0.2) is 0 Å². The number of H-pyrrole nitrogens is 1. The molecule has 0 saturated carbocycles. The van der Waals surface area contributed by atoms with Gasteiger partial charge in [0.1, 0.15) is 6.29 Å². The molecular formula is C21H19N3O. The molecule has 0 spiro atoms. The van der Waals surface area contributed by atoms with Crippen molar-refractivity contribution in [1.82, 2.24) is 9.78 Å². The van der Waals surface area contributed by atoms with Gasteiger partial charge in [0.2, 0.25) is 0 Å². The predicted octanol–water partition coefficient (Wildman–Crippen LogP) is 4.50. The lowest BCUT2D eigenvalue weighted by Gasteiger charge is -2.17. The summed E-state index contributed by atoms with van der Waals surface area (Å²) in [5, 5.41) is 3.26. The quantitative estimate of drug-likeness (QED) is 0.560. The van der Waals surface area contributed by atoms with Crippen LogP contribution in [0.25, 0.3) is 27.8 Å².